The van der Waals surface area contributed by atoms with Gasteiger partial charge in [-0.05, 0) is 64.1 Å². The van der Waals surface area contributed by atoms with Crippen molar-refractivity contribution in [2.75, 3.05) is 19.6 Å². The third kappa shape index (κ3) is 3.11. The molecule has 0 amide bonds. The SMILES string of the molecule is CCN1CCC(N2C(C(=O)O)CCC3CCCCC32)CC1. The summed E-state index contributed by atoms with van der Waals surface area (Å²) in [7, 11) is 0. The van der Waals surface area contributed by atoms with E-state index in [9.17, 15) is 9.90 Å². The summed E-state index contributed by atoms with van der Waals surface area (Å²) in [5, 5.41) is 9.68. The Morgan fingerprint density at radius 1 is 1.05 bits per heavy atom. The quantitative estimate of drug-likeness (QED) is 0.869. The van der Waals surface area contributed by atoms with Gasteiger partial charge in [0.05, 0.1) is 0 Å². The van der Waals surface area contributed by atoms with Crippen LogP contribution >= 0.6 is 0 Å². The van der Waals surface area contributed by atoms with Gasteiger partial charge >= 0.3 is 5.97 Å². The molecule has 2 aliphatic heterocycles. The zero-order valence-electron chi connectivity index (χ0n) is 13.3. The predicted molar refractivity (Wildman–Crippen MR) is 83.4 cm³/mol. The Balaban J connectivity index is 1.74. The van der Waals surface area contributed by atoms with Crippen molar-refractivity contribution in [3.8, 4) is 0 Å². The van der Waals surface area contributed by atoms with Gasteiger partial charge in [-0.1, -0.05) is 19.8 Å². The summed E-state index contributed by atoms with van der Waals surface area (Å²) in [6.45, 7) is 5.63. The van der Waals surface area contributed by atoms with Crippen LogP contribution in [0.1, 0.15) is 58.3 Å². The highest BCUT2D eigenvalue weighted by atomic mass is 16.4. The van der Waals surface area contributed by atoms with Gasteiger partial charge < -0.3 is 10.0 Å². The molecule has 120 valence electrons. The highest BCUT2D eigenvalue weighted by Crippen LogP contribution is 2.40. The van der Waals surface area contributed by atoms with E-state index in [4.69, 9.17) is 0 Å². The number of nitrogens with zero attached hydrogens (tertiary/aromatic N) is 2. The molecular formula is C17H30N2O2. The van der Waals surface area contributed by atoms with E-state index >= 15 is 0 Å². The molecule has 4 nitrogen and oxygen atoms in total. The molecule has 1 N–H and O–H groups in total. The molecular weight excluding hydrogens is 264 g/mol. The minimum absolute atomic E-state index is 0.220. The number of carbonyl (C=O) groups is 1. The molecule has 3 atom stereocenters. The van der Waals surface area contributed by atoms with Gasteiger partial charge in [-0.15, -0.1) is 0 Å². The van der Waals surface area contributed by atoms with Crippen molar-refractivity contribution in [2.24, 2.45) is 5.92 Å². The fourth-order valence-electron chi connectivity index (χ4n) is 4.98. The lowest BCUT2D eigenvalue weighted by Crippen LogP contribution is -2.60. The van der Waals surface area contributed by atoms with Crippen LogP contribution < -0.4 is 0 Å². The lowest BCUT2D eigenvalue weighted by Gasteiger charge is -2.52. The third-order valence-corrected chi connectivity index (χ3v) is 6.13. The molecule has 0 spiro atoms. The van der Waals surface area contributed by atoms with Crippen molar-refractivity contribution in [3.05, 3.63) is 0 Å². The summed E-state index contributed by atoms with van der Waals surface area (Å²) >= 11 is 0. The number of piperidine rings is 2. The first-order valence-corrected chi connectivity index (χ1v) is 8.93. The Labute approximate surface area is 128 Å². The molecule has 3 unspecified atom stereocenters. The number of aliphatic carboxylic acids is 1. The highest BCUT2D eigenvalue weighted by molar-refractivity contribution is 5.73. The first kappa shape index (κ1) is 15.3. The molecule has 4 heteroatoms. The second-order valence-corrected chi connectivity index (χ2v) is 7.16. The number of carboxylic acid groups (broad SMARTS) is 1. The van der Waals surface area contributed by atoms with Gasteiger partial charge in [0.1, 0.15) is 6.04 Å². The number of likely N-dealkylation sites (tertiary alicyclic amines) is 2. The van der Waals surface area contributed by atoms with E-state index < -0.39 is 5.97 Å². The van der Waals surface area contributed by atoms with Crippen molar-refractivity contribution in [2.45, 2.75) is 76.4 Å². The topological polar surface area (TPSA) is 43.8 Å². The largest absolute Gasteiger partial charge is 0.480 e. The van der Waals surface area contributed by atoms with Gasteiger partial charge in [-0.25, -0.2) is 0 Å². The van der Waals surface area contributed by atoms with Crippen LogP contribution in [0.15, 0.2) is 0 Å². The van der Waals surface area contributed by atoms with Crippen LogP contribution in [0.2, 0.25) is 0 Å². The molecule has 1 saturated carbocycles. The average molecular weight is 294 g/mol. The van der Waals surface area contributed by atoms with Crippen molar-refractivity contribution in [1.29, 1.82) is 0 Å². The molecule has 0 aromatic carbocycles. The summed E-state index contributed by atoms with van der Waals surface area (Å²) in [6, 6.07) is 0.828. The molecule has 0 bridgehead atoms. The van der Waals surface area contributed by atoms with E-state index in [-0.39, 0.29) is 6.04 Å². The minimum atomic E-state index is -0.586. The Morgan fingerprint density at radius 2 is 1.76 bits per heavy atom. The van der Waals surface area contributed by atoms with Crippen molar-refractivity contribution in [3.63, 3.8) is 0 Å². The number of hydrogen-bond donors (Lipinski definition) is 1. The molecule has 2 heterocycles. The van der Waals surface area contributed by atoms with Crippen LogP contribution in [-0.4, -0.2) is 58.6 Å². The van der Waals surface area contributed by atoms with E-state index in [1.165, 1.54) is 25.7 Å². The fraction of sp³-hybridized carbons (Fsp3) is 0.941. The van der Waals surface area contributed by atoms with E-state index in [0.717, 1.165) is 51.2 Å². The molecule has 3 aliphatic rings. The van der Waals surface area contributed by atoms with Crippen molar-refractivity contribution < 1.29 is 9.90 Å². The first-order valence-electron chi connectivity index (χ1n) is 8.93. The van der Waals surface area contributed by atoms with E-state index in [1.807, 2.05) is 0 Å². The van der Waals surface area contributed by atoms with Gasteiger partial charge in [0, 0.05) is 12.1 Å². The van der Waals surface area contributed by atoms with Crippen LogP contribution in [-0.2, 0) is 4.79 Å². The second kappa shape index (κ2) is 6.66. The molecule has 2 saturated heterocycles. The summed E-state index contributed by atoms with van der Waals surface area (Å²) in [4.78, 5) is 16.7. The van der Waals surface area contributed by atoms with Gasteiger partial charge in [0.25, 0.3) is 0 Å². The van der Waals surface area contributed by atoms with Crippen LogP contribution in [0, 0.1) is 5.92 Å². The van der Waals surface area contributed by atoms with Gasteiger partial charge in [0.2, 0.25) is 0 Å². The monoisotopic (exact) mass is 294 g/mol. The smallest absolute Gasteiger partial charge is 0.320 e. The highest BCUT2D eigenvalue weighted by Gasteiger charge is 2.44. The summed E-state index contributed by atoms with van der Waals surface area (Å²) in [5.74, 6) is 0.176. The van der Waals surface area contributed by atoms with E-state index in [1.54, 1.807) is 0 Å². The molecule has 0 aromatic rings. The van der Waals surface area contributed by atoms with Gasteiger partial charge in [0.15, 0.2) is 0 Å². The molecule has 3 rings (SSSR count). The number of hydrogen-bond acceptors (Lipinski definition) is 3. The second-order valence-electron chi connectivity index (χ2n) is 7.16. The minimum Gasteiger partial charge on any atom is -0.480 e. The Morgan fingerprint density at radius 3 is 2.43 bits per heavy atom. The van der Waals surface area contributed by atoms with Gasteiger partial charge in [-0.2, -0.15) is 0 Å². The predicted octanol–water partition coefficient (Wildman–Crippen LogP) is 2.58. The molecule has 0 radical (unpaired) electrons. The van der Waals surface area contributed by atoms with E-state index in [2.05, 4.69) is 16.7 Å². The standard InChI is InChI=1S/C17H30N2O2/c1-2-18-11-9-14(10-12-18)19-15-6-4-3-5-13(15)7-8-16(19)17(20)21/h13-16H,2-12H2,1H3,(H,20,21). The Bertz CT molecular complexity index is 366. The zero-order chi connectivity index (χ0) is 14.8. The maximum Gasteiger partial charge on any atom is 0.320 e. The normalized spacial score (nSPS) is 36.3. The van der Waals surface area contributed by atoms with Crippen molar-refractivity contribution in [1.82, 2.24) is 9.80 Å². The van der Waals surface area contributed by atoms with Gasteiger partial charge in [-0.3, -0.25) is 9.69 Å². The van der Waals surface area contributed by atoms with Crippen molar-refractivity contribution >= 4 is 5.97 Å². The Hall–Kier alpha value is -0.610. The first-order chi connectivity index (χ1) is 10.2. The summed E-state index contributed by atoms with van der Waals surface area (Å²) < 4.78 is 0. The van der Waals surface area contributed by atoms with Crippen LogP contribution in [0.3, 0.4) is 0 Å². The zero-order valence-corrected chi connectivity index (χ0v) is 13.3. The third-order valence-electron chi connectivity index (χ3n) is 6.13. The Kier molecular flexibility index (Phi) is 4.85. The lowest BCUT2D eigenvalue weighted by molar-refractivity contribution is -0.151. The van der Waals surface area contributed by atoms with Crippen LogP contribution in [0.5, 0.6) is 0 Å². The maximum absolute atomic E-state index is 11.8. The lowest BCUT2D eigenvalue weighted by atomic mass is 9.75. The summed E-state index contributed by atoms with van der Waals surface area (Å²) in [6.07, 6.45) is 9.49. The molecule has 0 aromatic heterocycles. The molecule has 21 heavy (non-hydrogen) atoms. The van der Waals surface area contributed by atoms with Crippen LogP contribution in [0.25, 0.3) is 0 Å². The molecule has 3 fully saturated rings. The van der Waals surface area contributed by atoms with E-state index in [0.29, 0.717) is 12.1 Å². The summed E-state index contributed by atoms with van der Waals surface area (Å²) in [5.41, 5.74) is 0. The maximum atomic E-state index is 11.8. The van der Waals surface area contributed by atoms with Crippen LogP contribution in [0.4, 0.5) is 0 Å². The number of fused-ring (bicyclic) bond motifs is 1. The number of carboxylic acids is 1. The number of rotatable bonds is 3. The molecule has 1 aliphatic carbocycles. The fourth-order valence-corrected chi connectivity index (χ4v) is 4.98. The average Bonchev–Trinajstić information content (AvgIpc) is 2.53.